The highest BCUT2D eigenvalue weighted by Crippen LogP contribution is 2.34. The molecule has 212 valence electrons. The van der Waals surface area contributed by atoms with Crippen LogP contribution in [0.3, 0.4) is 0 Å². The number of urea groups is 1. The number of aromatic nitrogens is 5. The van der Waals surface area contributed by atoms with Crippen molar-refractivity contribution < 1.29 is 4.79 Å². The summed E-state index contributed by atoms with van der Waals surface area (Å²) < 4.78 is 3.87. The summed E-state index contributed by atoms with van der Waals surface area (Å²) in [6.07, 6.45) is 4.11. The lowest BCUT2D eigenvalue weighted by Crippen LogP contribution is -2.36. The largest absolute Gasteiger partial charge is 0.351 e. The van der Waals surface area contributed by atoms with Gasteiger partial charge in [0.1, 0.15) is 11.6 Å². The third-order valence-corrected chi connectivity index (χ3v) is 8.57. The molecule has 0 bridgehead atoms. The minimum absolute atomic E-state index is 0.218. The summed E-state index contributed by atoms with van der Waals surface area (Å²) >= 11 is 3.30. The number of nitrogens with two attached hydrogens (primary N) is 1. The van der Waals surface area contributed by atoms with Gasteiger partial charge in [-0.05, 0) is 48.2 Å². The minimum Gasteiger partial charge on any atom is -0.351 e. The number of hydrogen-bond acceptors (Lipinski definition) is 6. The van der Waals surface area contributed by atoms with E-state index >= 15 is 0 Å². The van der Waals surface area contributed by atoms with Crippen LogP contribution in [0.4, 0.5) is 10.6 Å². The van der Waals surface area contributed by atoms with E-state index in [1.165, 1.54) is 0 Å². The zero-order valence-corrected chi connectivity index (χ0v) is 25.8. The van der Waals surface area contributed by atoms with Gasteiger partial charge in [0, 0.05) is 38.3 Å². The second kappa shape index (κ2) is 11.6. The number of carbonyl (C=O) groups is 1. The Balaban J connectivity index is 1.53. The Hall–Kier alpha value is -3.76. The summed E-state index contributed by atoms with van der Waals surface area (Å²) in [4.78, 5) is 17.8. The Bertz CT molecular complexity index is 1700. The second-order valence-electron chi connectivity index (χ2n) is 11.2. The molecule has 8 nitrogen and oxygen atoms in total. The van der Waals surface area contributed by atoms with Gasteiger partial charge in [0.05, 0.1) is 17.9 Å². The van der Waals surface area contributed by atoms with Gasteiger partial charge in [-0.2, -0.15) is 5.10 Å². The molecule has 10 heteroatoms. The molecule has 0 saturated heterocycles. The van der Waals surface area contributed by atoms with Gasteiger partial charge in [0.25, 0.3) is 0 Å². The predicted molar refractivity (Wildman–Crippen MR) is 167 cm³/mol. The number of thioether (sulfide) groups is 1. The predicted octanol–water partition coefficient (Wildman–Crippen LogP) is 7.29. The average molecular weight is 586 g/mol. The van der Waals surface area contributed by atoms with Gasteiger partial charge in [-0.1, -0.05) is 70.6 Å². The van der Waals surface area contributed by atoms with Gasteiger partial charge in [-0.3, -0.25) is 9.30 Å². The molecule has 0 atom stereocenters. The summed E-state index contributed by atoms with van der Waals surface area (Å²) in [7, 11) is 0. The molecule has 0 unspecified atom stereocenters. The molecule has 0 saturated carbocycles. The summed E-state index contributed by atoms with van der Waals surface area (Å²) in [6, 6.07) is 21.7. The van der Waals surface area contributed by atoms with E-state index in [2.05, 4.69) is 69.2 Å². The molecular weight excluding hydrogens is 551 g/mol. The van der Waals surface area contributed by atoms with Crippen LogP contribution in [0.25, 0.3) is 11.3 Å². The van der Waals surface area contributed by atoms with Gasteiger partial charge in [0.2, 0.25) is 0 Å². The molecule has 2 aromatic carbocycles. The van der Waals surface area contributed by atoms with Crippen LogP contribution in [-0.2, 0) is 12.0 Å². The molecule has 3 heterocycles. The summed E-state index contributed by atoms with van der Waals surface area (Å²) in [6.45, 7) is 10.8. The third kappa shape index (κ3) is 6.13. The number of carbonyl (C=O) groups excluding carboxylic acids is 1. The van der Waals surface area contributed by atoms with Crippen molar-refractivity contribution in [3.63, 3.8) is 0 Å². The van der Waals surface area contributed by atoms with Gasteiger partial charge < -0.3 is 5.73 Å². The van der Waals surface area contributed by atoms with Crippen LogP contribution in [0.5, 0.6) is 0 Å². The van der Waals surface area contributed by atoms with Gasteiger partial charge in [-0.15, -0.1) is 22.0 Å². The lowest BCUT2D eigenvalue weighted by molar-refractivity contribution is 0.253. The number of fused-ring (bicyclic) bond motifs is 1. The molecule has 0 aliphatic rings. The topological polar surface area (TPSA) is 94.3 Å². The van der Waals surface area contributed by atoms with Crippen molar-refractivity contribution in [3.8, 4) is 5.69 Å². The Morgan fingerprint density at radius 1 is 1.00 bits per heavy atom. The van der Waals surface area contributed by atoms with Crippen molar-refractivity contribution in [2.24, 2.45) is 5.73 Å². The van der Waals surface area contributed by atoms with E-state index in [1.54, 1.807) is 28.4 Å². The molecule has 0 radical (unpaired) electrons. The quantitative estimate of drug-likeness (QED) is 0.192. The zero-order chi connectivity index (χ0) is 29.3. The molecule has 2 amide bonds. The van der Waals surface area contributed by atoms with E-state index < -0.39 is 6.03 Å². The number of primary amides is 1. The van der Waals surface area contributed by atoms with Crippen molar-refractivity contribution >= 4 is 41.0 Å². The van der Waals surface area contributed by atoms with Crippen LogP contribution in [0, 0.1) is 0 Å². The maximum absolute atomic E-state index is 13.0. The number of rotatable bonds is 8. The summed E-state index contributed by atoms with van der Waals surface area (Å²) in [5.74, 6) is 1.80. The number of hydrogen-bond donors (Lipinski definition) is 1. The second-order valence-corrected chi connectivity index (χ2v) is 13.2. The van der Waals surface area contributed by atoms with E-state index in [1.807, 2.05) is 63.9 Å². The van der Waals surface area contributed by atoms with Gasteiger partial charge in [0.15, 0.2) is 5.65 Å². The van der Waals surface area contributed by atoms with E-state index in [4.69, 9.17) is 10.8 Å². The van der Waals surface area contributed by atoms with Gasteiger partial charge >= 0.3 is 6.03 Å². The molecule has 0 aliphatic heterocycles. The monoisotopic (exact) mass is 585 g/mol. The summed E-state index contributed by atoms with van der Waals surface area (Å²) in [5, 5.41) is 13.6. The highest BCUT2D eigenvalue weighted by Gasteiger charge is 2.26. The number of benzene rings is 2. The Morgan fingerprint density at radius 2 is 1.78 bits per heavy atom. The third-order valence-electron chi connectivity index (χ3n) is 6.75. The number of amides is 2. The van der Waals surface area contributed by atoms with Crippen molar-refractivity contribution in [2.75, 3.05) is 11.2 Å². The molecular formula is C31H35N7OS2. The molecule has 3 aromatic heterocycles. The van der Waals surface area contributed by atoms with Crippen LogP contribution >= 0.6 is 23.5 Å². The van der Waals surface area contributed by atoms with E-state index in [0.29, 0.717) is 12.4 Å². The van der Waals surface area contributed by atoms with Gasteiger partial charge in [-0.25, -0.2) is 9.48 Å². The standard InChI is InChI=1S/C31H35N7OS2/c1-20(2)29-34-33-27-15-14-24(19-36(27)29)41-25-13-8-7-10-21(25)18-37(30(32)39)28-17-26(31(3,4)5)35-38(28)22-11-9-12-23(16-22)40-6/h7-17,19-20H,18H2,1-6H3,(H2,32,39). The Kier molecular flexibility index (Phi) is 8.15. The van der Waals surface area contributed by atoms with E-state index in [-0.39, 0.29) is 11.3 Å². The summed E-state index contributed by atoms with van der Waals surface area (Å²) in [5.41, 5.74) is 9.38. The molecule has 0 aliphatic carbocycles. The van der Waals surface area contributed by atoms with E-state index in [9.17, 15) is 4.79 Å². The van der Waals surface area contributed by atoms with Crippen molar-refractivity contribution in [1.29, 1.82) is 0 Å². The number of pyridine rings is 1. The van der Waals surface area contributed by atoms with Crippen LogP contribution in [0.1, 0.15) is 57.6 Å². The molecule has 41 heavy (non-hydrogen) atoms. The fourth-order valence-corrected chi connectivity index (χ4v) is 5.92. The molecule has 0 fully saturated rings. The fourth-order valence-electron chi connectivity index (χ4n) is 4.51. The maximum atomic E-state index is 13.0. The minimum atomic E-state index is -0.542. The number of anilines is 1. The number of nitrogens with zero attached hydrogens (tertiary/aromatic N) is 6. The van der Waals surface area contributed by atoms with Crippen molar-refractivity contribution in [3.05, 3.63) is 90.0 Å². The molecule has 0 spiro atoms. The fraction of sp³-hybridized carbons (Fsp3) is 0.290. The first-order chi connectivity index (χ1) is 19.5. The first-order valence-corrected chi connectivity index (χ1v) is 15.5. The highest BCUT2D eigenvalue weighted by molar-refractivity contribution is 7.99. The lowest BCUT2D eigenvalue weighted by Gasteiger charge is -2.23. The highest BCUT2D eigenvalue weighted by atomic mass is 32.2. The average Bonchev–Trinajstić information content (AvgIpc) is 3.57. The zero-order valence-electron chi connectivity index (χ0n) is 24.2. The SMILES string of the molecule is CSc1cccc(-n2nc(C(C)(C)C)cc2N(Cc2ccccc2Sc2ccc3nnc(C(C)C)n3c2)C(N)=O)c1. The molecule has 2 N–H and O–H groups in total. The maximum Gasteiger partial charge on any atom is 0.320 e. The van der Waals surface area contributed by atoms with Crippen molar-refractivity contribution in [2.45, 2.75) is 67.2 Å². The first-order valence-electron chi connectivity index (χ1n) is 13.5. The van der Waals surface area contributed by atoms with Crippen LogP contribution < -0.4 is 10.6 Å². The molecule has 5 rings (SSSR count). The Morgan fingerprint density at radius 3 is 2.49 bits per heavy atom. The van der Waals surface area contributed by atoms with Crippen molar-refractivity contribution in [1.82, 2.24) is 24.4 Å². The first kappa shape index (κ1) is 28.8. The van der Waals surface area contributed by atoms with Crippen LogP contribution in [0.2, 0.25) is 0 Å². The normalized spacial score (nSPS) is 11.9. The Labute approximate surface area is 249 Å². The smallest absolute Gasteiger partial charge is 0.320 e. The van der Waals surface area contributed by atoms with E-state index in [0.717, 1.165) is 43.1 Å². The van der Waals surface area contributed by atoms with Crippen LogP contribution in [0.15, 0.2) is 87.6 Å². The lowest BCUT2D eigenvalue weighted by atomic mass is 9.92. The molecule has 5 aromatic rings. The van der Waals surface area contributed by atoms with Crippen LogP contribution in [-0.4, -0.2) is 36.7 Å².